The van der Waals surface area contributed by atoms with E-state index < -0.39 is 0 Å². The van der Waals surface area contributed by atoms with E-state index in [1.54, 1.807) is 0 Å². The van der Waals surface area contributed by atoms with Gasteiger partial charge in [-0.1, -0.05) is 212 Å². The third-order valence-electron chi connectivity index (χ3n) is 13.4. The Morgan fingerprint density at radius 1 is 0.157 bits per heavy atom. The molecular weight excluding hydrogens is 849 g/mol. The van der Waals surface area contributed by atoms with E-state index in [9.17, 15) is 0 Å². The molecule has 0 amide bonds. The first-order chi connectivity index (χ1) is 34.6. The average molecular weight is 891 g/mol. The number of benzene rings is 11. The summed E-state index contributed by atoms with van der Waals surface area (Å²) in [4.78, 5) is 20.7. The van der Waals surface area contributed by atoms with Gasteiger partial charge in [0.15, 0.2) is 11.6 Å². The van der Waals surface area contributed by atoms with Gasteiger partial charge in [-0.25, -0.2) is 19.9 Å². The molecule has 0 saturated heterocycles. The SMILES string of the molecule is c1cc(-c2ccc(-c3cc(-c4ccc5ccccc5c4)nc(-c4ccc5ccccc5c4)n3)cc2)cc(-c2ccc(-c3cc(-c4ccc5ccccc5c4)nc(-c4ccc5ccccc5c4)n3)cc2)c1. The van der Waals surface area contributed by atoms with Crippen molar-refractivity contribution in [3.8, 4) is 90.1 Å². The van der Waals surface area contributed by atoms with Gasteiger partial charge in [-0.3, -0.25) is 0 Å². The number of rotatable bonds is 8. The van der Waals surface area contributed by atoms with E-state index in [-0.39, 0.29) is 0 Å². The monoisotopic (exact) mass is 890 g/mol. The summed E-state index contributed by atoms with van der Waals surface area (Å²) in [6, 6.07) is 90.2. The molecule has 70 heavy (non-hydrogen) atoms. The molecule has 326 valence electrons. The lowest BCUT2D eigenvalue weighted by Crippen LogP contribution is -1.96. The summed E-state index contributed by atoms with van der Waals surface area (Å²) in [5.74, 6) is 1.40. The fourth-order valence-electron chi connectivity index (χ4n) is 9.64. The van der Waals surface area contributed by atoms with Crippen LogP contribution in [0.15, 0.2) is 255 Å². The second kappa shape index (κ2) is 17.4. The van der Waals surface area contributed by atoms with Crippen molar-refractivity contribution >= 4 is 43.1 Å². The Morgan fingerprint density at radius 3 is 0.786 bits per heavy atom. The third kappa shape index (κ3) is 7.93. The zero-order valence-electron chi connectivity index (χ0n) is 38.0. The first-order valence-electron chi connectivity index (χ1n) is 23.7. The highest BCUT2D eigenvalue weighted by Gasteiger charge is 2.15. The zero-order valence-corrected chi connectivity index (χ0v) is 38.0. The number of fused-ring (bicyclic) bond motifs is 4. The minimum atomic E-state index is 0.699. The predicted molar refractivity (Wildman–Crippen MR) is 291 cm³/mol. The summed E-state index contributed by atoms with van der Waals surface area (Å²) >= 11 is 0. The van der Waals surface area contributed by atoms with Gasteiger partial charge >= 0.3 is 0 Å². The topological polar surface area (TPSA) is 51.6 Å². The first kappa shape index (κ1) is 40.9. The van der Waals surface area contributed by atoms with Gasteiger partial charge in [-0.05, 0) is 108 Å². The fraction of sp³-hybridized carbons (Fsp3) is 0. The molecule has 0 atom stereocenters. The van der Waals surface area contributed by atoms with Crippen LogP contribution in [-0.4, -0.2) is 19.9 Å². The van der Waals surface area contributed by atoms with Gasteiger partial charge in [-0.2, -0.15) is 0 Å². The molecule has 11 aromatic carbocycles. The van der Waals surface area contributed by atoms with Crippen LogP contribution in [0.4, 0.5) is 0 Å². The standard InChI is InChI=1S/C66H42N4/c1-5-14-51-37-57(32-24-43(51)10-1)63-41-61(67-65(69-63)59-34-26-45-12-3-7-16-53(45)39-59)49-28-20-47(21-29-49)55-18-9-19-56(36-55)48-22-30-50(31-23-48)62-42-64(58-33-25-44-11-2-6-15-52(44)38-58)70-66(68-62)60-35-27-46-13-4-8-17-54(46)40-60/h1-42H. The van der Waals surface area contributed by atoms with Gasteiger partial charge < -0.3 is 0 Å². The molecule has 0 spiro atoms. The molecule has 0 radical (unpaired) electrons. The van der Waals surface area contributed by atoms with Crippen LogP contribution < -0.4 is 0 Å². The van der Waals surface area contributed by atoms with E-state index in [1.165, 1.54) is 32.3 Å². The average Bonchev–Trinajstić information content (AvgIpc) is 3.44. The maximum Gasteiger partial charge on any atom is 0.160 e. The zero-order chi connectivity index (χ0) is 46.4. The van der Waals surface area contributed by atoms with Gasteiger partial charge in [0.25, 0.3) is 0 Å². The highest BCUT2D eigenvalue weighted by Crippen LogP contribution is 2.35. The van der Waals surface area contributed by atoms with E-state index in [1.807, 2.05) is 0 Å². The predicted octanol–water partition coefficient (Wildman–Crippen LogP) is 17.2. The Balaban J connectivity index is 0.819. The van der Waals surface area contributed by atoms with Crippen LogP contribution in [0.2, 0.25) is 0 Å². The Hall–Kier alpha value is -9.38. The Labute approximate surface area is 405 Å². The molecule has 4 nitrogen and oxygen atoms in total. The molecule has 0 bridgehead atoms. The molecule has 0 N–H and O–H groups in total. The van der Waals surface area contributed by atoms with Crippen LogP contribution in [-0.2, 0) is 0 Å². The van der Waals surface area contributed by atoms with E-state index in [0.717, 1.165) is 89.2 Å². The highest BCUT2D eigenvalue weighted by atomic mass is 14.9. The normalized spacial score (nSPS) is 11.4. The fourth-order valence-corrected chi connectivity index (χ4v) is 9.64. The molecule has 0 saturated carbocycles. The number of aromatic nitrogens is 4. The van der Waals surface area contributed by atoms with Crippen molar-refractivity contribution in [1.29, 1.82) is 0 Å². The maximum atomic E-state index is 5.20. The van der Waals surface area contributed by atoms with Crippen LogP contribution in [0.5, 0.6) is 0 Å². The first-order valence-corrected chi connectivity index (χ1v) is 23.7. The molecule has 0 fully saturated rings. The van der Waals surface area contributed by atoms with E-state index in [2.05, 4.69) is 255 Å². The molecule has 0 unspecified atom stereocenters. The van der Waals surface area contributed by atoms with Gasteiger partial charge in [-0.15, -0.1) is 0 Å². The Morgan fingerprint density at radius 2 is 0.429 bits per heavy atom. The summed E-state index contributed by atoms with van der Waals surface area (Å²) < 4.78 is 0. The summed E-state index contributed by atoms with van der Waals surface area (Å²) in [5.41, 5.74) is 14.2. The van der Waals surface area contributed by atoms with Crippen molar-refractivity contribution in [3.05, 3.63) is 255 Å². The number of nitrogens with zero attached hydrogens (tertiary/aromatic N) is 4. The van der Waals surface area contributed by atoms with Crippen LogP contribution >= 0.6 is 0 Å². The van der Waals surface area contributed by atoms with E-state index in [0.29, 0.717) is 11.6 Å². The third-order valence-corrected chi connectivity index (χ3v) is 13.4. The van der Waals surface area contributed by atoms with Crippen molar-refractivity contribution in [1.82, 2.24) is 19.9 Å². The molecule has 0 aliphatic rings. The summed E-state index contributed by atoms with van der Waals surface area (Å²) in [5, 5.41) is 9.46. The minimum Gasteiger partial charge on any atom is -0.228 e. The van der Waals surface area contributed by atoms with Crippen molar-refractivity contribution in [2.24, 2.45) is 0 Å². The van der Waals surface area contributed by atoms with Crippen LogP contribution in [0.25, 0.3) is 133 Å². The smallest absolute Gasteiger partial charge is 0.160 e. The van der Waals surface area contributed by atoms with Crippen molar-refractivity contribution in [2.45, 2.75) is 0 Å². The lowest BCUT2D eigenvalue weighted by Gasteiger charge is -2.12. The van der Waals surface area contributed by atoms with Crippen LogP contribution in [0.3, 0.4) is 0 Å². The molecule has 0 aliphatic carbocycles. The lowest BCUT2D eigenvalue weighted by atomic mass is 9.96. The van der Waals surface area contributed by atoms with Crippen molar-refractivity contribution in [2.75, 3.05) is 0 Å². The van der Waals surface area contributed by atoms with Gasteiger partial charge in [0, 0.05) is 33.4 Å². The molecule has 4 heteroatoms. The highest BCUT2D eigenvalue weighted by molar-refractivity contribution is 5.91. The molecule has 2 heterocycles. The summed E-state index contributed by atoms with van der Waals surface area (Å²) in [7, 11) is 0. The molecule has 2 aromatic heterocycles. The maximum absolute atomic E-state index is 5.20. The molecular formula is C66H42N4. The van der Waals surface area contributed by atoms with Crippen molar-refractivity contribution in [3.63, 3.8) is 0 Å². The second-order valence-corrected chi connectivity index (χ2v) is 17.9. The van der Waals surface area contributed by atoms with E-state index >= 15 is 0 Å². The molecule has 0 aliphatic heterocycles. The summed E-state index contributed by atoms with van der Waals surface area (Å²) in [6.45, 7) is 0. The van der Waals surface area contributed by atoms with E-state index in [4.69, 9.17) is 19.9 Å². The quantitative estimate of drug-likeness (QED) is 0.152. The Bertz CT molecular complexity index is 3660. The van der Waals surface area contributed by atoms with Crippen molar-refractivity contribution < 1.29 is 0 Å². The Kier molecular flexibility index (Phi) is 10.1. The van der Waals surface area contributed by atoms with Gasteiger partial charge in [0.2, 0.25) is 0 Å². The van der Waals surface area contributed by atoms with Gasteiger partial charge in [0.1, 0.15) is 0 Å². The number of hydrogen-bond donors (Lipinski definition) is 0. The van der Waals surface area contributed by atoms with Gasteiger partial charge in [0.05, 0.1) is 22.8 Å². The lowest BCUT2D eigenvalue weighted by molar-refractivity contribution is 1.18. The minimum absolute atomic E-state index is 0.699. The molecule has 13 rings (SSSR count). The summed E-state index contributed by atoms with van der Waals surface area (Å²) in [6.07, 6.45) is 0. The van der Waals surface area contributed by atoms with Crippen LogP contribution in [0.1, 0.15) is 0 Å². The molecule has 13 aromatic rings. The number of hydrogen-bond acceptors (Lipinski definition) is 4. The second-order valence-electron chi connectivity index (χ2n) is 17.9. The largest absolute Gasteiger partial charge is 0.228 e. The van der Waals surface area contributed by atoms with Crippen LogP contribution in [0, 0.1) is 0 Å².